The molecule has 5 heteroatoms. The van der Waals surface area contributed by atoms with Crippen molar-refractivity contribution in [2.24, 2.45) is 0 Å². The minimum absolute atomic E-state index is 0.100. The number of ketones is 1. The highest BCUT2D eigenvalue weighted by atomic mass is 79.9. The van der Waals surface area contributed by atoms with Crippen LogP contribution < -0.4 is 5.32 Å². The van der Waals surface area contributed by atoms with Crippen LogP contribution in [0.25, 0.3) is 0 Å². The van der Waals surface area contributed by atoms with Crippen molar-refractivity contribution in [2.45, 2.75) is 6.92 Å². The summed E-state index contributed by atoms with van der Waals surface area (Å²) in [7, 11) is 0. The third kappa shape index (κ3) is 3.46. The van der Waals surface area contributed by atoms with Crippen molar-refractivity contribution in [1.82, 2.24) is 0 Å². The Kier molecular flexibility index (Phi) is 4.57. The van der Waals surface area contributed by atoms with Crippen LogP contribution in [0.1, 0.15) is 22.8 Å². The summed E-state index contributed by atoms with van der Waals surface area (Å²) in [5.74, 6) is -0.248. The molecule has 3 nitrogen and oxygen atoms in total. The summed E-state index contributed by atoms with van der Waals surface area (Å²) in [5, 5.41) is 3.21. The lowest BCUT2D eigenvalue weighted by Crippen LogP contribution is -2.06. The fourth-order valence-electron chi connectivity index (χ4n) is 1.71. The smallest absolute Gasteiger partial charge is 0.221 e. The van der Waals surface area contributed by atoms with Crippen LogP contribution in [0.4, 0.5) is 5.69 Å². The lowest BCUT2D eigenvalue weighted by molar-refractivity contribution is -0.114. The average molecular weight is 353 g/mol. The van der Waals surface area contributed by atoms with Crippen molar-refractivity contribution in [3.05, 3.63) is 63.1 Å². The Balaban J connectivity index is 2.24. The molecule has 0 aromatic heterocycles. The summed E-state index contributed by atoms with van der Waals surface area (Å²) in [4.78, 5) is 23.2. The summed E-state index contributed by atoms with van der Waals surface area (Å²) in [5.41, 5.74) is 1.76. The molecule has 0 fully saturated rings. The number of anilines is 1. The zero-order chi connectivity index (χ0) is 14.7. The minimum atomic E-state index is -0.147. The van der Waals surface area contributed by atoms with Crippen LogP contribution >= 0.6 is 27.5 Å². The largest absolute Gasteiger partial charge is 0.326 e. The molecule has 0 saturated heterocycles. The zero-order valence-electron chi connectivity index (χ0n) is 10.6. The quantitative estimate of drug-likeness (QED) is 0.838. The molecule has 20 heavy (non-hydrogen) atoms. The van der Waals surface area contributed by atoms with Gasteiger partial charge in [0.15, 0.2) is 5.78 Å². The van der Waals surface area contributed by atoms with Crippen molar-refractivity contribution in [1.29, 1.82) is 0 Å². The zero-order valence-corrected chi connectivity index (χ0v) is 13.0. The molecule has 1 N–H and O–H groups in total. The first-order valence-electron chi connectivity index (χ1n) is 5.85. The van der Waals surface area contributed by atoms with E-state index in [1.807, 2.05) is 0 Å². The van der Waals surface area contributed by atoms with Crippen LogP contribution in [0.3, 0.4) is 0 Å². The first-order valence-corrected chi connectivity index (χ1v) is 7.02. The third-order valence-corrected chi connectivity index (χ3v) is 3.86. The standard InChI is InChI=1S/C15H11BrClNO2/c1-9(19)18-12-5-2-10(3-6-12)15(20)11-4-7-14(17)13(16)8-11/h2-8H,1H3,(H,18,19). The minimum Gasteiger partial charge on any atom is -0.326 e. The number of amides is 1. The van der Waals surface area contributed by atoms with Gasteiger partial charge in [0.05, 0.1) is 5.02 Å². The number of benzene rings is 2. The van der Waals surface area contributed by atoms with Crippen LogP contribution in [-0.4, -0.2) is 11.7 Å². The molecule has 0 aliphatic carbocycles. The third-order valence-electron chi connectivity index (χ3n) is 2.65. The van der Waals surface area contributed by atoms with Crippen molar-refractivity contribution in [2.75, 3.05) is 5.32 Å². The molecule has 0 spiro atoms. The van der Waals surface area contributed by atoms with Crippen LogP contribution in [0.15, 0.2) is 46.9 Å². The van der Waals surface area contributed by atoms with E-state index >= 15 is 0 Å². The van der Waals surface area contributed by atoms with Gasteiger partial charge >= 0.3 is 0 Å². The Morgan fingerprint density at radius 1 is 1.05 bits per heavy atom. The molecule has 0 radical (unpaired) electrons. The van der Waals surface area contributed by atoms with E-state index in [-0.39, 0.29) is 11.7 Å². The fraction of sp³-hybridized carbons (Fsp3) is 0.0667. The van der Waals surface area contributed by atoms with Gasteiger partial charge in [-0.1, -0.05) is 11.6 Å². The predicted octanol–water partition coefficient (Wildman–Crippen LogP) is 4.29. The van der Waals surface area contributed by atoms with Crippen LogP contribution in [-0.2, 0) is 4.79 Å². The van der Waals surface area contributed by atoms with E-state index < -0.39 is 0 Å². The molecule has 0 aliphatic heterocycles. The Bertz CT molecular complexity index is 668. The van der Waals surface area contributed by atoms with Gasteiger partial charge in [0.2, 0.25) is 5.91 Å². The van der Waals surface area contributed by atoms with Gasteiger partial charge in [-0.25, -0.2) is 0 Å². The molecule has 2 aromatic rings. The molecular weight excluding hydrogens is 342 g/mol. The SMILES string of the molecule is CC(=O)Nc1ccc(C(=O)c2ccc(Cl)c(Br)c2)cc1. The second-order valence-corrected chi connectivity index (χ2v) is 5.48. The normalized spacial score (nSPS) is 10.2. The highest BCUT2D eigenvalue weighted by Crippen LogP contribution is 2.24. The summed E-state index contributed by atoms with van der Waals surface area (Å²) in [6.45, 7) is 1.43. The Labute approximate surface area is 130 Å². The van der Waals surface area contributed by atoms with Crippen molar-refractivity contribution >= 4 is 44.9 Å². The van der Waals surface area contributed by atoms with Crippen molar-refractivity contribution < 1.29 is 9.59 Å². The van der Waals surface area contributed by atoms with E-state index in [0.717, 1.165) is 0 Å². The number of nitrogens with one attached hydrogen (secondary N) is 1. The first kappa shape index (κ1) is 14.8. The van der Waals surface area contributed by atoms with Crippen molar-refractivity contribution in [3.8, 4) is 0 Å². The fourth-order valence-corrected chi connectivity index (χ4v) is 2.21. The van der Waals surface area contributed by atoms with Gasteiger partial charge in [-0.05, 0) is 58.4 Å². The van der Waals surface area contributed by atoms with Gasteiger partial charge in [-0.2, -0.15) is 0 Å². The molecule has 102 valence electrons. The number of halogens is 2. The molecule has 0 atom stereocenters. The van der Waals surface area contributed by atoms with Gasteiger partial charge in [0.1, 0.15) is 0 Å². The maximum atomic E-state index is 12.3. The second kappa shape index (κ2) is 6.20. The molecule has 0 aliphatic rings. The molecule has 0 saturated carbocycles. The molecule has 0 bridgehead atoms. The Morgan fingerprint density at radius 3 is 2.20 bits per heavy atom. The van der Waals surface area contributed by atoms with Gasteiger partial charge < -0.3 is 5.32 Å². The van der Waals surface area contributed by atoms with Crippen molar-refractivity contribution in [3.63, 3.8) is 0 Å². The summed E-state index contributed by atoms with van der Waals surface area (Å²) in [6.07, 6.45) is 0. The lowest BCUT2D eigenvalue weighted by Gasteiger charge is -2.05. The molecule has 2 rings (SSSR count). The number of hydrogen-bond donors (Lipinski definition) is 1. The monoisotopic (exact) mass is 351 g/mol. The summed E-state index contributed by atoms with van der Waals surface area (Å²) >= 11 is 9.20. The number of rotatable bonds is 3. The maximum absolute atomic E-state index is 12.3. The Hall–Kier alpha value is -1.65. The molecule has 2 aromatic carbocycles. The molecular formula is C15H11BrClNO2. The number of carbonyl (C=O) groups excluding carboxylic acids is 2. The molecule has 0 unspecified atom stereocenters. The topological polar surface area (TPSA) is 46.2 Å². The van der Waals surface area contributed by atoms with E-state index in [9.17, 15) is 9.59 Å². The summed E-state index contributed by atoms with van der Waals surface area (Å²) < 4.78 is 0.680. The molecule has 1 amide bonds. The average Bonchev–Trinajstić information content (AvgIpc) is 2.41. The molecule has 0 heterocycles. The van der Waals surface area contributed by atoms with Gasteiger partial charge in [-0.3, -0.25) is 9.59 Å². The Morgan fingerprint density at radius 2 is 1.65 bits per heavy atom. The lowest BCUT2D eigenvalue weighted by atomic mass is 10.0. The van der Waals surface area contributed by atoms with E-state index in [0.29, 0.717) is 26.3 Å². The van der Waals surface area contributed by atoms with Crippen LogP contribution in [0.2, 0.25) is 5.02 Å². The predicted molar refractivity (Wildman–Crippen MR) is 83.3 cm³/mol. The summed E-state index contributed by atoms with van der Waals surface area (Å²) in [6, 6.07) is 11.8. The highest BCUT2D eigenvalue weighted by Gasteiger charge is 2.10. The van der Waals surface area contributed by atoms with Gasteiger partial charge in [0.25, 0.3) is 0 Å². The van der Waals surface area contributed by atoms with E-state index in [1.165, 1.54) is 6.92 Å². The van der Waals surface area contributed by atoms with Gasteiger partial charge in [-0.15, -0.1) is 0 Å². The van der Waals surface area contributed by atoms with Crippen LogP contribution in [0.5, 0.6) is 0 Å². The van der Waals surface area contributed by atoms with E-state index in [2.05, 4.69) is 21.2 Å². The van der Waals surface area contributed by atoms with Gasteiger partial charge in [0, 0.05) is 28.2 Å². The van der Waals surface area contributed by atoms with Crippen LogP contribution in [0, 0.1) is 0 Å². The number of hydrogen-bond acceptors (Lipinski definition) is 2. The highest BCUT2D eigenvalue weighted by molar-refractivity contribution is 9.10. The second-order valence-electron chi connectivity index (χ2n) is 4.22. The maximum Gasteiger partial charge on any atom is 0.221 e. The number of carbonyl (C=O) groups is 2. The first-order chi connectivity index (χ1) is 9.47. The van der Waals surface area contributed by atoms with E-state index in [4.69, 9.17) is 11.6 Å². The van der Waals surface area contributed by atoms with E-state index in [1.54, 1.807) is 42.5 Å².